The fraction of sp³-hybridized carbons (Fsp3) is 0.600. The SMILES string of the molecule is CN1CCC2OCCN(C(=O)c3ccc(CN4CCCC4=O)cc3)C2C1. The van der Waals surface area contributed by atoms with Crippen LogP contribution >= 0.6 is 0 Å². The molecule has 0 radical (unpaired) electrons. The van der Waals surface area contributed by atoms with Gasteiger partial charge >= 0.3 is 0 Å². The van der Waals surface area contributed by atoms with Gasteiger partial charge in [0.1, 0.15) is 0 Å². The number of ether oxygens (including phenoxy) is 1. The largest absolute Gasteiger partial charge is 0.374 e. The molecule has 0 N–H and O–H groups in total. The predicted octanol–water partition coefficient (Wildman–Crippen LogP) is 1.35. The molecule has 1 aromatic carbocycles. The van der Waals surface area contributed by atoms with Crippen molar-refractivity contribution in [1.29, 1.82) is 0 Å². The van der Waals surface area contributed by atoms with Crippen molar-refractivity contribution in [2.24, 2.45) is 0 Å². The van der Waals surface area contributed by atoms with E-state index in [0.29, 0.717) is 26.1 Å². The van der Waals surface area contributed by atoms with Crippen molar-refractivity contribution in [3.63, 3.8) is 0 Å². The highest BCUT2D eigenvalue weighted by atomic mass is 16.5. The Kier molecular flexibility index (Phi) is 4.96. The van der Waals surface area contributed by atoms with Crippen LogP contribution in [0.1, 0.15) is 35.2 Å². The summed E-state index contributed by atoms with van der Waals surface area (Å²) >= 11 is 0. The molecule has 3 aliphatic heterocycles. The Bertz CT molecular complexity index is 675. The van der Waals surface area contributed by atoms with Crippen molar-refractivity contribution < 1.29 is 14.3 Å². The average Bonchev–Trinajstić information content (AvgIpc) is 3.06. The average molecular weight is 357 g/mol. The Hall–Kier alpha value is -1.92. The zero-order valence-corrected chi connectivity index (χ0v) is 15.4. The molecule has 6 nitrogen and oxygen atoms in total. The number of fused-ring (bicyclic) bond motifs is 1. The first-order valence-electron chi connectivity index (χ1n) is 9.59. The monoisotopic (exact) mass is 357 g/mol. The van der Waals surface area contributed by atoms with Crippen molar-refractivity contribution >= 4 is 11.8 Å². The quantitative estimate of drug-likeness (QED) is 0.820. The Balaban J connectivity index is 1.44. The van der Waals surface area contributed by atoms with Crippen LogP contribution in [0.4, 0.5) is 0 Å². The fourth-order valence-electron chi connectivity index (χ4n) is 4.29. The first-order chi connectivity index (χ1) is 12.6. The second-order valence-corrected chi connectivity index (χ2v) is 7.64. The summed E-state index contributed by atoms with van der Waals surface area (Å²) in [5.41, 5.74) is 1.80. The number of rotatable bonds is 3. The van der Waals surface area contributed by atoms with E-state index in [4.69, 9.17) is 4.74 Å². The minimum Gasteiger partial charge on any atom is -0.374 e. The number of amides is 2. The number of benzene rings is 1. The lowest BCUT2D eigenvalue weighted by molar-refractivity contribution is -0.128. The molecule has 0 aliphatic carbocycles. The molecule has 140 valence electrons. The third-order valence-corrected chi connectivity index (χ3v) is 5.79. The summed E-state index contributed by atoms with van der Waals surface area (Å²) in [6.07, 6.45) is 2.74. The van der Waals surface area contributed by atoms with Gasteiger partial charge in [0.15, 0.2) is 0 Å². The number of piperidine rings is 1. The standard InChI is InChI=1S/C20H27N3O3/c1-21-10-8-18-17(14-21)23(11-12-26-18)20(25)16-6-4-15(5-7-16)13-22-9-2-3-19(22)24/h4-7,17-18H,2-3,8-14H2,1H3. The smallest absolute Gasteiger partial charge is 0.254 e. The lowest BCUT2D eigenvalue weighted by atomic mass is 9.98. The third-order valence-electron chi connectivity index (χ3n) is 5.79. The maximum Gasteiger partial charge on any atom is 0.254 e. The molecule has 2 unspecified atom stereocenters. The number of hydrogen-bond donors (Lipinski definition) is 0. The molecule has 2 amide bonds. The van der Waals surface area contributed by atoms with Gasteiger partial charge in [0, 0.05) is 44.7 Å². The van der Waals surface area contributed by atoms with E-state index in [-0.39, 0.29) is 24.0 Å². The van der Waals surface area contributed by atoms with Crippen LogP contribution in [0.25, 0.3) is 0 Å². The van der Waals surface area contributed by atoms with Crippen LogP contribution < -0.4 is 0 Å². The lowest BCUT2D eigenvalue weighted by Crippen LogP contribution is -2.60. The van der Waals surface area contributed by atoms with Crippen LogP contribution in [-0.2, 0) is 16.1 Å². The molecule has 6 heteroatoms. The van der Waals surface area contributed by atoms with Crippen LogP contribution in [0.3, 0.4) is 0 Å². The molecule has 0 spiro atoms. The molecule has 0 saturated carbocycles. The van der Waals surface area contributed by atoms with E-state index in [1.807, 2.05) is 34.1 Å². The zero-order valence-electron chi connectivity index (χ0n) is 15.4. The van der Waals surface area contributed by atoms with Gasteiger partial charge in [0.05, 0.1) is 18.8 Å². The van der Waals surface area contributed by atoms with Crippen LogP contribution in [0.5, 0.6) is 0 Å². The number of likely N-dealkylation sites (tertiary alicyclic amines) is 2. The first-order valence-corrected chi connectivity index (χ1v) is 9.59. The number of hydrogen-bond acceptors (Lipinski definition) is 4. The highest BCUT2D eigenvalue weighted by molar-refractivity contribution is 5.94. The molecule has 3 saturated heterocycles. The number of nitrogens with zero attached hydrogens (tertiary/aromatic N) is 3. The Morgan fingerprint density at radius 3 is 2.73 bits per heavy atom. The molecule has 26 heavy (non-hydrogen) atoms. The molecule has 1 aromatic rings. The van der Waals surface area contributed by atoms with Crippen molar-refractivity contribution in [1.82, 2.24) is 14.7 Å². The van der Waals surface area contributed by atoms with Gasteiger partial charge in [0.2, 0.25) is 5.91 Å². The first kappa shape index (κ1) is 17.5. The van der Waals surface area contributed by atoms with Gasteiger partial charge in [-0.25, -0.2) is 0 Å². The second-order valence-electron chi connectivity index (χ2n) is 7.64. The molecule has 0 aromatic heterocycles. The van der Waals surface area contributed by atoms with E-state index in [1.165, 1.54) is 0 Å². The van der Waals surface area contributed by atoms with Crippen molar-refractivity contribution in [3.8, 4) is 0 Å². The van der Waals surface area contributed by atoms with Crippen LogP contribution in [-0.4, -0.2) is 78.5 Å². The summed E-state index contributed by atoms with van der Waals surface area (Å²) in [7, 11) is 2.10. The van der Waals surface area contributed by atoms with Crippen molar-refractivity contribution in [2.45, 2.75) is 38.0 Å². The molecular weight excluding hydrogens is 330 g/mol. The summed E-state index contributed by atoms with van der Waals surface area (Å²) in [6, 6.07) is 7.88. The Morgan fingerprint density at radius 2 is 2.00 bits per heavy atom. The lowest BCUT2D eigenvalue weighted by Gasteiger charge is -2.46. The molecular formula is C20H27N3O3. The van der Waals surface area contributed by atoms with Crippen LogP contribution in [0.15, 0.2) is 24.3 Å². The topological polar surface area (TPSA) is 53.1 Å². The van der Waals surface area contributed by atoms with E-state index in [1.54, 1.807) is 0 Å². The van der Waals surface area contributed by atoms with Gasteiger partial charge in [0.25, 0.3) is 5.91 Å². The highest BCUT2D eigenvalue weighted by Gasteiger charge is 2.38. The van der Waals surface area contributed by atoms with Gasteiger partial charge in [-0.1, -0.05) is 12.1 Å². The third kappa shape index (κ3) is 3.48. The molecule has 4 rings (SSSR count). The number of carbonyl (C=O) groups excluding carboxylic acids is 2. The minimum atomic E-state index is 0.0856. The van der Waals surface area contributed by atoms with Gasteiger partial charge < -0.3 is 19.4 Å². The molecule has 3 heterocycles. The van der Waals surface area contributed by atoms with Gasteiger partial charge in [-0.2, -0.15) is 0 Å². The number of carbonyl (C=O) groups is 2. The summed E-state index contributed by atoms with van der Waals surface area (Å²) < 4.78 is 5.89. The molecule has 2 atom stereocenters. The second kappa shape index (κ2) is 7.37. The Labute approximate surface area is 154 Å². The Morgan fingerprint density at radius 1 is 1.19 bits per heavy atom. The van der Waals surface area contributed by atoms with E-state index in [0.717, 1.165) is 43.6 Å². The summed E-state index contributed by atoms with van der Waals surface area (Å²) in [5.74, 6) is 0.313. The maximum atomic E-state index is 13.1. The van der Waals surface area contributed by atoms with Gasteiger partial charge in [-0.15, -0.1) is 0 Å². The van der Waals surface area contributed by atoms with E-state index in [2.05, 4.69) is 11.9 Å². The zero-order chi connectivity index (χ0) is 18.1. The summed E-state index contributed by atoms with van der Waals surface area (Å²) in [4.78, 5) is 31.0. The normalized spacial score (nSPS) is 26.9. The molecule has 3 fully saturated rings. The summed E-state index contributed by atoms with van der Waals surface area (Å²) in [6.45, 7) is 4.63. The number of morpholine rings is 1. The maximum absolute atomic E-state index is 13.1. The molecule has 3 aliphatic rings. The predicted molar refractivity (Wildman–Crippen MR) is 97.8 cm³/mol. The van der Waals surface area contributed by atoms with Gasteiger partial charge in [-0.3, -0.25) is 9.59 Å². The van der Waals surface area contributed by atoms with Crippen LogP contribution in [0, 0.1) is 0 Å². The summed E-state index contributed by atoms with van der Waals surface area (Å²) in [5, 5.41) is 0. The van der Waals surface area contributed by atoms with Gasteiger partial charge in [-0.05, 0) is 37.6 Å². The minimum absolute atomic E-state index is 0.0856. The van der Waals surface area contributed by atoms with E-state index >= 15 is 0 Å². The highest BCUT2D eigenvalue weighted by Crippen LogP contribution is 2.24. The number of likely N-dealkylation sites (N-methyl/N-ethyl adjacent to an activating group) is 1. The van der Waals surface area contributed by atoms with Crippen LogP contribution in [0.2, 0.25) is 0 Å². The van der Waals surface area contributed by atoms with Crippen molar-refractivity contribution in [2.75, 3.05) is 39.8 Å². The van der Waals surface area contributed by atoms with Crippen molar-refractivity contribution in [3.05, 3.63) is 35.4 Å². The molecule has 0 bridgehead atoms. The van der Waals surface area contributed by atoms with E-state index in [9.17, 15) is 9.59 Å². The van der Waals surface area contributed by atoms with E-state index < -0.39 is 0 Å². The fourth-order valence-corrected chi connectivity index (χ4v) is 4.29.